The Labute approximate surface area is 243 Å². The third-order valence-electron chi connectivity index (χ3n) is 10.9. The first-order valence-electron chi connectivity index (χ1n) is 15.2. The fraction of sp³-hybridized carbons (Fsp3) is 0.625. The van der Waals surface area contributed by atoms with Gasteiger partial charge in [0.1, 0.15) is 10.7 Å². The van der Waals surface area contributed by atoms with Gasteiger partial charge in [-0.05, 0) is 93.6 Å². The van der Waals surface area contributed by atoms with Gasteiger partial charge in [0, 0.05) is 48.0 Å². The average molecular weight is 577 g/mol. The second kappa shape index (κ2) is 9.17. The van der Waals surface area contributed by atoms with E-state index in [1.807, 2.05) is 17.0 Å². The number of nitrogens with zero attached hydrogens (tertiary/aromatic N) is 4. The zero-order chi connectivity index (χ0) is 27.9. The standard InChI is InChI=1S/C32H37FN4O3S/c1-39-15-25-34-24(16-41-25)22-3-2-4-23(13-22)37(26(38)14-30-17-32(33,18-30)19-30)20-29-7-10-31(11-8-29,12-9-29)28-35-27(36-40-28)21-5-6-21/h2-4,13,16,21H,5-12,14-15,17-20H2,1H3. The molecule has 7 aliphatic rings. The number of methoxy groups -OCH3 is 1. The van der Waals surface area contributed by atoms with E-state index in [4.69, 9.17) is 19.2 Å². The smallest absolute Gasteiger partial charge is 0.232 e. The van der Waals surface area contributed by atoms with Crippen molar-refractivity contribution in [2.45, 2.75) is 101 Å². The Morgan fingerprint density at radius 3 is 2.54 bits per heavy atom. The first-order valence-corrected chi connectivity index (χ1v) is 16.0. The molecule has 0 unspecified atom stereocenters. The van der Waals surface area contributed by atoms with E-state index >= 15 is 0 Å². The number of rotatable bonds is 10. The molecule has 216 valence electrons. The van der Waals surface area contributed by atoms with Crippen LogP contribution < -0.4 is 4.90 Å². The number of carbonyl (C=O) groups is 1. The lowest BCUT2D eigenvalue weighted by Crippen LogP contribution is -2.65. The topological polar surface area (TPSA) is 81.3 Å². The van der Waals surface area contributed by atoms with Gasteiger partial charge >= 0.3 is 0 Å². The monoisotopic (exact) mass is 576 g/mol. The van der Waals surface area contributed by atoms with Crippen molar-refractivity contribution in [1.29, 1.82) is 0 Å². The molecule has 0 saturated heterocycles. The summed E-state index contributed by atoms with van der Waals surface area (Å²) in [5.74, 6) is 2.36. The molecule has 0 spiro atoms. The van der Waals surface area contributed by atoms with Crippen LogP contribution in [-0.2, 0) is 21.6 Å². The van der Waals surface area contributed by atoms with E-state index in [1.165, 1.54) is 12.8 Å². The number of thiazole rings is 1. The average Bonchev–Trinajstić information content (AvgIpc) is 3.48. The lowest BCUT2D eigenvalue weighted by Gasteiger charge is -2.66. The predicted octanol–water partition coefficient (Wildman–Crippen LogP) is 7.12. The van der Waals surface area contributed by atoms with Crippen molar-refractivity contribution < 1.29 is 18.4 Å². The molecule has 7 fully saturated rings. The van der Waals surface area contributed by atoms with E-state index in [2.05, 4.69) is 22.7 Å². The minimum absolute atomic E-state index is 0.0115. The molecule has 1 amide bonds. The Hall–Kier alpha value is -2.65. The molecule has 2 aromatic heterocycles. The highest BCUT2D eigenvalue weighted by molar-refractivity contribution is 7.09. The molecule has 41 heavy (non-hydrogen) atoms. The molecule has 0 radical (unpaired) electrons. The van der Waals surface area contributed by atoms with Crippen LogP contribution in [0.1, 0.15) is 99.7 Å². The molecule has 7 nitrogen and oxygen atoms in total. The molecule has 7 saturated carbocycles. The first kappa shape index (κ1) is 26.0. The molecule has 1 aromatic carbocycles. The number of anilines is 1. The largest absolute Gasteiger partial charge is 0.378 e. The third kappa shape index (κ3) is 4.46. The molecular formula is C32H37FN4O3S. The Bertz CT molecular complexity index is 1450. The van der Waals surface area contributed by atoms with Gasteiger partial charge in [0.2, 0.25) is 11.8 Å². The number of carbonyl (C=O) groups excluding carboxylic acids is 1. The first-order chi connectivity index (χ1) is 19.8. The summed E-state index contributed by atoms with van der Waals surface area (Å²) in [5, 5.41) is 7.30. The fourth-order valence-electron chi connectivity index (χ4n) is 8.37. The Morgan fingerprint density at radius 1 is 1.10 bits per heavy atom. The number of halogens is 1. The normalized spacial score (nSPS) is 33.3. The second-order valence-corrected chi connectivity index (χ2v) is 14.9. The van der Waals surface area contributed by atoms with Gasteiger partial charge in [-0.25, -0.2) is 9.37 Å². The SMILES string of the molecule is COCc1nc(-c2cccc(N(CC34CCC(c5nc(C6CC6)no5)(CC3)CC4)C(=O)CC34CC(F)(C3)C4)c2)cs1. The summed E-state index contributed by atoms with van der Waals surface area (Å²) in [6.45, 7) is 1.19. The predicted molar refractivity (Wildman–Crippen MR) is 153 cm³/mol. The Morgan fingerprint density at radius 2 is 1.85 bits per heavy atom. The molecule has 10 rings (SSSR count). The molecule has 0 N–H and O–H groups in total. The fourth-order valence-corrected chi connectivity index (χ4v) is 9.14. The van der Waals surface area contributed by atoms with Gasteiger partial charge in [-0.3, -0.25) is 4.79 Å². The van der Waals surface area contributed by atoms with Crippen molar-refractivity contribution >= 4 is 22.9 Å². The van der Waals surface area contributed by atoms with E-state index in [-0.39, 0.29) is 22.2 Å². The number of hydrogen-bond acceptors (Lipinski definition) is 7. The number of aromatic nitrogens is 3. The lowest BCUT2D eigenvalue weighted by molar-refractivity contribution is -0.215. The summed E-state index contributed by atoms with van der Waals surface area (Å²) in [4.78, 5) is 25.7. The summed E-state index contributed by atoms with van der Waals surface area (Å²) in [5.41, 5.74) is 1.74. The molecule has 9 heteroatoms. The van der Waals surface area contributed by atoms with E-state index in [0.29, 0.717) is 44.8 Å². The van der Waals surface area contributed by atoms with Gasteiger partial charge in [-0.1, -0.05) is 17.3 Å². The maximum atomic E-state index is 14.3. The number of amides is 1. The van der Waals surface area contributed by atoms with Gasteiger partial charge in [0.05, 0.1) is 12.3 Å². The molecule has 4 bridgehead atoms. The van der Waals surface area contributed by atoms with Gasteiger partial charge in [-0.2, -0.15) is 4.98 Å². The Kier molecular flexibility index (Phi) is 5.82. The molecule has 3 aromatic rings. The maximum absolute atomic E-state index is 14.3. The number of alkyl halides is 1. The van der Waals surface area contributed by atoms with Crippen LogP contribution in [0.15, 0.2) is 34.2 Å². The van der Waals surface area contributed by atoms with Crippen LogP contribution in [0.25, 0.3) is 11.3 Å². The number of benzene rings is 1. The van der Waals surface area contributed by atoms with Crippen molar-refractivity contribution in [3.63, 3.8) is 0 Å². The van der Waals surface area contributed by atoms with Crippen molar-refractivity contribution in [3.05, 3.63) is 46.4 Å². The minimum Gasteiger partial charge on any atom is -0.378 e. The number of hydrogen-bond donors (Lipinski definition) is 0. The van der Waals surface area contributed by atoms with Gasteiger partial charge in [0.25, 0.3) is 0 Å². The zero-order valence-electron chi connectivity index (χ0n) is 23.7. The van der Waals surface area contributed by atoms with Crippen LogP contribution in [0.2, 0.25) is 0 Å². The zero-order valence-corrected chi connectivity index (χ0v) is 24.5. The van der Waals surface area contributed by atoms with Crippen LogP contribution in [0, 0.1) is 10.8 Å². The Balaban J connectivity index is 1.04. The minimum atomic E-state index is -1.00. The van der Waals surface area contributed by atoms with Gasteiger partial charge in [-0.15, -0.1) is 11.3 Å². The van der Waals surface area contributed by atoms with Crippen LogP contribution in [0.4, 0.5) is 10.1 Å². The van der Waals surface area contributed by atoms with Crippen molar-refractivity contribution in [2.24, 2.45) is 10.8 Å². The van der Waals surface area contributed by atoms with Crippen molar-refractivity contribution in [2.75, 3.05) is 18.6 Å². The maximum Gasteiger partial charge on any atom is 0.232 e. The number of ether oxygens (including phenoxy) is 1. The number of fused-ring (bicyclic) bond motifs is 3. The molecule has 2 heterocycles. The lowest BCUT2D eigenvalue weighted by atomic mass is 9.41. The highest BCUT2D eigenvalue weighted by Gasteiger charge is 2.69. The van der Waals surface area contributed by atoms with E-state index in [1.54, 1.807) is 18.4 Å². The van der Waals surface area contributed by atoms with Crippen LogP contribution in [0.5, 0.6) is 0 Å². The summed E-state index contributed by atoms with van der Waals surface area (Å²) in [6.07, 6.45) is 10.6. The third-order valence-corrected chi connectivity index (χ3v) is 11.7. The highest BCUT2D eigenvalue weighted by Crippen LogP contribution is 2.71. The molecule has 0 atom stereocenters. The van der Waals surface area contributed by atoms with Crippen LogP contribution >= 0.6 is 11.3 Å². The molecular weight excluding hydrogens is 539 g/mol. The quantitative estimate of drug-likeness (QED) is 0.256. The highest BCUT2D eigenvalue weighted by atomic mass is 32.1. The van der Waals surface area contributed by atoms with Gasteiger partial charge < -0.3 is 14.2 Å². The van der Waals surface area contributed by atoms with E-state index < -0.39 is 5.67 Å². The van der Waals surface area contributed by atoms with E-state index in [0.717, 1.165) is 72.2 Å². The van der Waals surface area contributed by atoms with E-state index in [9.17, 15) is 9.18 Å². The van der Waals surface area contributed by atoms with Gasteiger partial charge in [0.15, 0.2) is 5.82 Å². The van der Waals surface area contributed by atoms with Crippen molar-refractivity contribution in [1.82, 2.24) is 15.1 Å². The van der Waals surface area contributed by atoms with Crippen LogP contribution in [0.3, 0.4) is 0 Å². The summed E-state index contributed by atoms with van der Waals surface area (Å²) >= 11 is 1.58. The van der Waals surface area contributed by atoms with Crippen LogP contribution in [-0.4, -0.2) is 40.4 Å². The summed E-state index contributed by atoms with van der Waals surface area (Å²) in [6, 6.07) is 8.23. The second-order valence-electron chi connectivity index (χ2n) is 14.0. The van der Waals surface area contributed by atoms with Crippen molar-refractivity contribution in [3.8, 4) is 11.3 Å². The summed E-state index contributed by atoms with van der Waals surface area (Å²) in [7, 11) is 1.68. The molecule has 0 aliphatic heterocycles. The molecule has 7 aliphatic carbocycles. The summed E-state index contributed by atoms with van der Waals surface area (Å²) < 4.78 is 25.4.